The smallest absolute Gasteiger partial charge is 0.159 e. The van der Waals surface area contributed by atoms with Gasteiger partial charge in [-0.05, 0) is 77.6 Å². The van der Waals surface area contributed by atoms with Crippen LogP contribution in [0.2, 0.25) is 0 Å². The fraction of sp³-hybridized carbons (Fsp3) is 0.500. The molecule has 32 heavy (non-hydrogen) atoms. The highest BCUT2D eigenvalue weighted by Gasteiger charge is 2.24. The lowest BCUT2D eigenvalue weighted by molar-refractivity contribution is 0.249. The molecule has 4 rings (SSSR count). The molecule has 0 atom stereocenters. The average Bonchev–Trinajstić information content (AvgIpc) is 3.15. The molecule has 0 heterocycles. The zero-order chi connectivity index (χ0) is 22.7. The molecule has 2 aliphatic rings. The quantitative estimate of drug-likeness (QED) is 0.282. The maximum atomic E-state index is 14.9. The summed E-state index contributed by atoms with van der Waals surface area (Å²) >= 11 is 0. The fourth-order valence-electron chi connectivity index (χ4n) is 5.43. The number of hydrogen-bond acceptors (Lipinski definition) is 0. The van der Waals surface area contributed by atoms with Gasteiger partial charge in [-0.25, -0.2) is 17.6 Å². The van der Waals surface area contributed by atoms with Crippen LogP contribution in [0.25, 0.3) is 11.6 Å². The van der Waals surface area contributed by atoms with Gasteiger partial charge in [-0.1, -0.05) is 64.4 Å². The predicted octanol–water partition coefficient (Wildman–Crippen LogP) is 8.66. The van der Waals surface area contributed by atoms with E-state index in [-0.39, 0.29) is 12.0 Å². The number of benzene rings is 2. The van der Waals surface area contributed by atoms with Crippen molar-refractivity contribution in [1.82, 2.24) is 0 Å². The van der Waals surface area contributed by atoms with Crippen molar-refractivity contribution < 1.29 is 17.6 Å². The molecule has 0 radical (unpaired) electrons. The summed E-state index contributed by atoms with van der Waals surface area (Å²) in [5, 5.41) is 0. The highest BCUT2D eigenvalue weighted by atomic mass is 19.2. The Balaban J connectivity index is 1.35. The Morgan fingerprint density at radius 3 is 2.03 bits per heavy atom. The Kier molecular flexibility index (Phi) is 7.37. The molecule has 2 aliphatic carbocycles. The van der Waals surface area contributed by atoms with E-state index in [0.29, 0.717) is 34.6 Å². The highest BCUT2D eigenvalue weighted by molar-refractivity contribution is 5.89. The summed E-state index contributed by atoms with van der Waals surface area (Å²) in [7, 11) is 0. The van der Waals surface area contributed by atoms with Gasteiger partial charge in [0.2, 0.25) is 0 Å². The van der Waals surface area contributed by atoms with E-state index in [1.54, 1.807) is 6.08 Å². The largest absolute Gasteiger partial charge is 0.206 e. The molecule has 0 aromatic heterocycles. The molecule has 4 heteroatoms. The Hall–Kier alpha value is -2.10. The Bertz CT molecular complexity index is 960. The fourth-order valence-corrected chi connectivity index (χ4v) is 5.43. The summed E-state index contributed by atoms with van der Waals surface area (Å²) in [6.45, 7) is 2.24. The van der Waals surface area contributed by atoms with Crippen LogP contribution in [0.3, 0.4) is 0 Å². The van der Waals surface area contributed by atoms with Gasteiger partial charge in [0.1, 0.15) is 11.6 Å². The van der Waals surface area contributed by atoms with Gasteiger partial charge in [0.15, 0.2) is 11.6 Å². The van der Waals surface area contributed by atoms with Crippen LogP contribution in [-0.4, -0.2) is 0 Å². The first kappa shape index (κ1) is 23.1. The first-order valence-corrected chi connectivity index (χ1v) is 12.1. The molecule has 0 bridgehead atoms. The zero-order valence-corrected chi connectivity index (χ0v) is 18.8. The molecular formula is C28H32F4. The van der Waals surface area contributed by atoms with Crippen molar-refractivity contribution in [2.45, 2.75) is 77.6 Å². The molecule has 0 unspecified atom stereocenters. The van der Waals surface area contributed by atoms with Crippen molar-refractivity contribution in [2.75, 3.05) is 0 Å². The van der Waals surface area contributed by atoms with E-state index in [4.69, 9.17) is 0 Å². The molecule has 0 N–H and O–H groups in total. The van der Waals surface area contributed by atoms with Crippen LogP contribution >= 0.6 is 0 Å². The number of fused-ring (bicyclic) bond motifs is 1. The second kappa shape index (κ2) is 10.2. The Labute approximate surface area is 188 Å². The molecule has 1 fully saturated rings. The molecular weight excluding hydrogens is 412 g/mol. The minimum Gasteiger partial charge on any atom is -0.206 e. The number of rotatable bonds is 8. The van der Waals surface area contributed by atoms with Crippen LogP contribution < -0.4 is 0 Å². The lowest BCUT2D eigenvalue weighted by Gasteiger charge is -2.28. The van der Waals surface area contributed by atoms with Crippen LogP contribution in [0, 0.1) is 35.1 Å². The van der Waals surface area contributed by atoms with E-state index in [0.717, 1.165) is 24.5 Å². The predicted molar refractivity (Wildman–Crippen MR) is 122 cm³/mol. The van der Waals surface area contributed by atoms with Gasteiger partial charge < -0.3 is 0 Å². The van der Waals surface area contributed by atoms with Gasteiger partial charge in [-0.15, -0.1) is 0 Å². The van der Waals surface area contributed by atoms with Crippen LogP contribution in [-0.2, 0) is 12.8 Å². The van der Waals surface area contributed by atoms with Crippen LogP contribution in [0.15, 0.2) is 24.3 Å². The lowest BCUT2D eigenvalue weighted by Crippen LogP contribution is -2.15. The van der Waals surface area contributed by atoms with Crippen LogP contribution in [0.5, 0.6) is 0 Å². The molecule has 0 amide bonds. The maximum absolute atomic E-state index is 14.9. The van der Waals surface area contributed by atoms with Crippen LogP contribution in [0.1, 0.15) is 87.0 Å². The van der Waals surface area contributed by atoms with Crippen LogP contribution in [0.4, 0.5) is 17.6 Å². The number of hydrogen-bond donors (Lipinski definition) is 0. The van der Waals surface area contributed by atoms with Crippen molar-refractivity contribution in [3.8, 4) is 0 Å². The average molecular weight is 445 g/mol. The summed E-state index contributed by atoms with van der Waals surface area (Å²) in [4.78, 5) is 0. The number of halogens is 4. The molecule has 0 aliphatic heterocycles. The van der Waals surface area contributed by atoms with Gasteiger partial charge in [0.25, 0.3) is 0 Å². The first-order chi connectivity index (χ1) is 15.4. The van der Waals surface area contributed by atoms with Gasteiger partial charge in [-0.2, -0.15) is 0 Å². The normalized spacial score (nSPS) is 20.3. The van der Waals surface area contributed by atoms with Gasteiger partial charge in [0.05, 0.1) is 0 Å². The van der Waals surface area contributed by atoms with Gasteiger partial charge in [-0.3, -0.25) is 0 Å². The second-order valence-electron chi connectivity index (χ2n) is 9.67. The van der Waals surface area contributed by atoms with Crippen molar-refractivity contribution in [3.63, 3.8) is 0 Å². The highest BCUT2D eigenvalue weighted by Crippen LogP contribution is 2.37. The molecule has 0 saturated heterocycles. The van der Waals surface area contributed by atoms with E-state index >= 15 is 0 Å². The second-order valence-corrected chi connectivity index (χ2v) is 9.67. The number of aryl methyl sites for hydroxylation is 1. The van der Waals surface area contributed by atoms with Gasteiger partial charge >= 0.3 is 0 Å². The molecule has 0 nitrogen and oxygen atoms in total. The number of unbranched alkanes of at least 4 members (excludes halogenated alkanes) is 2. The van der Waals surface area contributed by atoms with Crippen molar-refractivity contribution in [1.29, 1.82) is 0 Å². The third kappa shape index (κ3) is 5.27. The molecule has 172 valence electrons. The Morgan fingerprint density at radius 2 is 1.38 bits per heavy atom. The minimum atomic E-state index is -0.951. The SMILES string of the molecule is CCCCCC1CCC(CCc2cc(F)c(C3=Cc4cc(F)c(F)cc4C3)c(F)c2)CC1. The van der Waals surface area contributed by atoms with E-state index in [9.17, 15) is 17.6 Å². The van der Waals surface area contributed by atoms with E-state index < -0.39 is 23.3 Å². The topological polar surface area (TPSA) is 0 Å². The number of allylic oxidation sites excluding steroid dienone is 1. The summed E-state index contributed by atoms with van der Waals surface area (Å²) in [6.07, 6.45) is 13.7. The zero-order valence-electron chi connectivity index (χ0n) is 18.8. The van der Waals surface area contributed by atoms with E-state index in [2.05, 4.69) is 6.92 Å². The molecule has 2 aromatic carbocycles. The monoisotopic (exact) mass is 444 g/mol. The molecule has 2 aromatic rings. The maximum Gasteiger partial charge on any atom is 0.159 e. The lowest BCUT2D eigenvalue weighted by atomic mass is 9.77. The summed E-state index contributed by atoms with van der Waals surface area (Å²) in [5.74, 6) is -1.59. The van der Waals surface area contributed by atoms with Crippen molar-refractivity contribution >= 4 is 11.6 Å². The van der Waals surface area contributed by atoms with E-state index in [1.807, 2.05) is 0 Å². The standard InChI is InChI=1S/C28H32F4/c1-2-3-4-5-18-6-8-19(9-7-18)10-11-20-12-26(31)28(27(32)13-20)23-14-21-16-24(29)25(30)17-22(21)15-23/h12-14,16-19H,2-11,15H2,1H3. The third-order valence-corrected chi connectivity index (χ3v) is 7.34. The Morgan fingerprint density at radius 1 is 0.750 bits per heavy atom. The van der Waals surface area contributed by atoms with Gasteiger partial charge in [0, 0.05) is 5.56 Å². The summed E-state index contributed by atoms with van der Waals surface area (Å²) in [5.41, 5.74) is 2.05. The molecule has 0 spiro atoms. The van der Waals surface area contributed by atoms with Crippen molar-refractivity contribution in [3.05, 3.63) is 69.8 Å². The van der Waals surface area contributed by atoms with E-state index in [1.165, 1.54) is 63.5 Å². The third-order valence-electron chi connectivity index (χ3n) is 7.34. The first-order valence-electron chi connectivity index (χ1n) is 12.1. The van der Waals surface area contributed by atoms with Crippen molar-refractivity contribution in [2.24, 2.45) is 11.8 Å². The summed E-state index contributed by atoms with van der Waals surface area (Å²) in [6, 6.07) is 5.05. The summed E-state index contributed by atoms with van der Waals surface area (Å²) < 4.78 is 56.7. The minimum absolute atomic E-state index is 0.0849. The molecule has 1 saturated carbocycles.